The minimum atomic E-state index is 0.0735. The third-order valence-corrected chi connectivity index (χ3v) is 2.77. The molecule has 1 aromatic carbocycles. The molecular formula is C11H13NO. The fraction of sp³-hybridized carbons (Fsp3) is 0.364. The van der Waals surface area contributed by atoms with Crippen LogP contribution in [0.1, 0.15) is 27.0 Å². The van der Waals surface area contributed by atoms with E-state index in [0.29, 0.717) is 0 Å². The molecule has 1 amide bonds. The van der Waals surface area contributed by atoms with Crippen LogP contribution in [0.5, 0.6) is 0 Å². The number of amides is 1. The molecule has 2 nitrogen and oxygen atoms in total. The van der Waals surface area contributed by atoms with Crippen LogP contribution < -0.4 is 5.32 Å². The Balaban J connectivity index is 2.63. The van der Waals surface area contributed by atoms with Crippen LogP contribution in [0, 0.1) is 13.8 Å². The fourth-order valence-electron chi connectivity index (χ4n) is 1.81. The summed E-state index contributed by atoms with van der Waals surface area (Å²) in [7, 11) is 0. The number of aryl methyl sites for hydroxylation is 1. The van der Waals surface area contributed by atoms with Gasteiger partial charge >= 0.3 is 0 Å². The maximum absolute atomic E-state index is 11.4. The second-order valence-corrected chi connectivity index (χ2v) is 3.54. The predicted molar refractivity (Wildman–Crippen MR) is 52.0 cm³/mol. The lowest BCUT2D eigenvalue weighted by molar-refractivity contribution is 0.0946. The van der Waals surface area contributed by atoms with Crippen molar-refractivity contribution < 1.29 is 4.79 Å². The number of benzene rings is 1. The highest BCUT2D eigenvalue weighted by atomic mass is 16.1. The van der Waals surface area contributed by atoms with Crippen molar-refractivity contribution in [2.24, 2.45) is 0 Å². The summed E-state index contributed by atoms with van der Waals surface area (Å²) in [4.78, 5) is 11.4. The minimum Gasteiger partial charge on any atom is -0.352 e. The first-order valence-corrected chi connectivity index (χ1v) is 4.57. The average molecular weight is 175 g/mol. The third kappa shape index (κ3) is 1.22. The smallest absolute Gasteiger partial charge is 0.251 e. The van der Waals surface area contributed by atoms with E-state index in [0.717, 1.165) is 18.5 Å². The molecule has 1 aromatic rings. The lowest BCUT2D eigenvalue weighted by atomic mass is 9.93. The normalized spacial score (nSPS) is 15.1. The highest BCUT2D eigenvalue weighted by Gasteiger charge is 2.18. The predicted octanol–water partition coefficient (Wildman–Crippen LogP) is 1.59. The molecule has 0 aliphatic carbocycles. The fourth-order valence-corrected chi connectivity index (χ4v) is 1.81. The lowest BCUT2D eigenvalue weighted by Gasteiger charge is -2.19. The SMILES string of the molecule is Cc1ccc2c(c1C)CCNC2=O. The van der Waals surface area contributed by atoms with E-state index in [1.54, 1.807) is 0 Å². The van der Waals surface area contributed by atoms with Gasteiger partial charge in [-0.3, -0.25) is 4.79 Å². The van der Waals surface area contributed by atoms with Crippen molar-refractivity contribution in [1.29, 1.82) is 0 Å². The Bertz CT molecular complexity index is 369. The molecule has 0 saturated carbocycles. The Hall–Kier alpha value is -1.31. The van der Waals surface area contributed by atoms with Gasteiger partial charge in [0.1, 0.15) is 0 Å². The molecule has 1 aliphatic heterocycles. The number of rotatable bonds is 0. The number of hydrogen-bond acceptors (Lipinski definition) is 1. The molecule has 2 heteroatoms. The van der Waals surface area contributed by atoms with Crippen LogP contribution in [0.4, 0.5) is 0 Å². The third-order valence-electron chi connectivity index (χ3n) is 2.77. The maximum Gasteiger partial charge on any atom is 0.251 e. The number of carbonyl (C=O) groups excluding carboxylic acids is 1. The van der Waals surface area contributed by atoms with Gasteiger partial charge < -0.3 is 5.32 Å². The number of carbonyl (C=O) groups is 1. The molecule has 68 valence electrons. The molecule has 13 heavy (non-hydrogen) atoms. The number of hydrogen-bond donors (Lipinski definition) is 1. The van der Waals surface area contributed by atoms with Gasteiger partial charge in [-0.25, -0.2) is 0 Å². The van der Waals surface area contributed by atoms with E-state index in [1.165, 1.54) is 16.7 Å². The van der Waals surface area contributed by atoms with Gasteiger partial charge in [-0.05, 0) is 43.0 Å². The quantitative estimate of drug-likeness (QED) is 0.637. The summed E-state index contributed by atoms with van der Waals surface area (Å²) in [6, 6.07) is 3.94. The summed E-state index contributed by atoms with van der Waals surface area (Å²) < 4.78 is 0. The van der Waals surface area contributed by atoms with E-state index in [4.69, 9.17) is 0 Å². The van der Waals surface area contributed by atoms with Crippen LogP contribution >= 0.6 is 0 Å². The summed E-state index contributed by atoms with van der Waals surface area (Å²) in [5, 5.41) is 2.85. The molecule has 0 aromatic heterocycles. The highest BCUT2D eigenvalue weighted by Crippen LogP contribution is 2.20. The summed E-state index contributed by atoms with van der Waals surface area (Å²) >= 11 is 0. The van der Waals surface area contributed by atoms with Gasteiger partial charge in [0.05, 0.1) is 0 Å². The summed E-state index contributed by atoms with van der Waals surface area (Å²) in [6.45, 7) is 4.95. The average Bonchev–Trinajstić information content (AvgIpc) is 2.12. The van der Waals surface area contributed by atoms with Crippen LogP contribution in [0.25, 0.3) is 0 Å². The Morgan fingerprint density at radius 1 is 1.31 bits per heavy atom. The van der Waals surface area contributed by atoms with Crippen LogP contribution in [-0.2, 0) is 6.42 Å². The molecule has 1 heterocycles. The molecule has 0 fully saturated rings. The molecule has 0 saturated heterocycles. The summed E-state index contributed by atoms with van der Waals surface area (Å²) in [6.07, 6.45) is 0.967. The van der Waals surface area contributed by atoms with Crippen molar-refractivity contribution in [3.63, 3.8) is 0 Å². The van der Waals surface area contributed by atoms with E-state index < -0.39 is 0 Å². The lowest BCUT2D eigenvalue weighted by Crippen LogP contribution is -2.32. The van der Waals surface area contributed by atoms with Crippen molar-refractivity contribution in [3.8, 4) is 0 Å². The van der Waals surface area contributed by atoms with E-state index in [9.17, 15) is 4.79 Å². The molecule has 1 aliphatic rings. The topological polar surface area (TPSA) is 29.1 Å². The van der Waals surface area contributed by atoms with Gasteiger partial charge in [0.15, 0.2) is 0 Å². The Morgan fingerprint density at radius 2 is 2.08 bits per heavy atom. The number of nitrogens with one attached hydrogen (secondary N) is 1. The first kappa shape index (κ1) is 8.30. The van der Waals surface area contributed by atoms with Crippen LogP contribution in [-0.4, -0.2) is 12.5 Å². The summed E-state index contributed by atoms with van der Waals surface area (Å²) in [5.41, 5.74) is 4.62. The Labute approximate surface area is 78.0 Å². The van der Waals surface area contributed by atoms with Crippen molar-refractivity contribution >= 4 is 5.91 Å². The molecule has 1 N–H and O–H groups in total. The Morgan fingerprint density at radius 3 is 2.85 bits per heavy atom. The second-order valence-electron chi connectivity index (χ2n) is 3.54. The zero-order valence-electron chi connectivity index (χ0n) is 7.98. The van der Waals surface area contributed by atoms with Gasteiger partial charge in [-0.2, -0.15) is 0 Å². The highest BCUT2D eigenvalue weighted by molar-refractivity contribution is 5.97. The van der Waals surface area contributed by atoms with Gasteiger partial charge in [0, 0.05) is 12.1 Å². The Kier molecular flexibility index (Phi) is 1.83. The van der Waals surface area contributed by atoms with Crippen LogP contribution in [0.3, 0.4) is 0 Å². The monoisotopic (exact) mass is 175 g/mol. The first-order valence-electron chi connectivity index (χ1n) is 4.57. The van der Waals surface area contributed by atoms with Crippen molar-refractivity contribution in [2.75, 3.05) is 6.54 Å². The zero-order valence-corrected chi connectivity index (χ0v) is 7.98. The molecule has 0 spiro atoms. The van der Waals surface area contributed by atoms with Gasteiger partial charge in [-0.1, -0.05) is 6.07 Å². The molecule has 0 unspecified atom stereocenters. The second kappa shape index (κ2) is 2.87. The minimum absolute atomic E-state index is 0.0735. The van der Waals surface area contributed by atoms with E-state index in [1.807, 2.05) is 12.1 Å². The van der Waals surface area contributed by atoms with E-state index in [-0.39, 0.29) is 5.91 Å². The van der Waals surface area contributed by atoms with Gasteiger partial charge in [0.25, 0.3) is 5.91 Å². The van der Waals surface area contributed by atoms with Crippen LogP contribution in [0.2, 0.25) is 0 Å². The van der Waals surface area contributed by atoms with E-state index >= 15 is 0 Å². The van der Waals surface area contributed by atoms with Gasteiger partial charge in [-0.15, -0.1) is 0 Å². The van der Waals surface area contributed by atoms with Crippen molar-refractivity contribution in [2.45, 2.75) is 20.3 Å². The molecular weight excluding hydrogens is 162 g/mol. The van der Waals surface area contributed by atoms with Crippen LogP contribution in [0.15, 0.2) is 12.1 Å². The zero-order chi connectivity index (χ0) is 9.42. The molecule has 0 atom stereocenters. The first-order chi connectivity index (χ1) is 6.20. The summed E-state index contributed by atoms with van der Waals surface area (Å²) in [5.74, 6) is 0.0735. The standard InChI is InChI=1S/C11H13NO/c1-7-3-4-10-9(8(7)2)5-6-12-11(10)13/h3-4H,5-6H2,1-2H3,(H,12,13). The molecule has 0 radical (unpaired) electrons. The van der Waals surface area contributed by atoms with E-state index in [2.05, 4.69) is 19.2 Å². The van der Waals surface area contributed by atoms with Gasteiger partial charge in [0.2, 0.25) is 0 Å². The maximum atomic E-state index is 11.4. The molecule has 0 bridgehead atoms. The van der Waals surface area contributed by atoms with Crippen molar-refractivity contribution in [3.05, 3.63) is 34.4 Å². The largest absolute Gasteiger partial charge is 0.352 e. The number of fused-ring (bicyclic) bond motifs is 1. The van der Waals surface area contributed by atoms with Crippen molar-refractivity contribution in [1.82, 2.24) is 5.32 Å². The molecule has 2 rings (SSSR count).